The highest BCUT2D eigenvalue weighted by Gasteiger charge is 2.13. The number of hydrogen-bond donors (Lipinski definition) is 0. The maximum atomic E-state index is 3.87. The molecule has 0 aliphatic carbocycles. The predicted octanol–water partition coefficient (Wildman–Crippen LogP) is 3.73. The molecule has 1 atom stereocenters. The van der Waals surface area contributed by atoms with Gasteiger partial charge in [0.05, 0.1) is 0 Å². The third-order valence-corrected chi connectivity index (χ3v) is 3.03. The minimum atomic E-state index is 0.467. The van der Waals surface area contributed by atoms with Gasteiger partial charge in [0, 0.05) is 6.04 Å². The first-order chi connectivity index (χ1) is 7.24. The van der Waals surface area contributed by atoms with Crippen LogP contribution in [-0.2, 0) is 0 Å². The molecule has 0 bridgehead atoms. The van der Waals surface area contributed by atoms with Crippen molar-refractivity contribution in [2.45, 2.75) is 26.8 Å². The van der Waals surface area contributed by atoms with E-state index in [-0.39, 0.29) is 0 Å². The molecule has 1 unspecified atom stereocenters. The summed E-state index contributed by atoms with van der Waals surface area (Å²) in [7, 11) is 0. The molecule has 1 aromatic rings. The van der Waals surface area contributed by atoms with E-state index in [1.807, 2.05) is 6.08 Å². The first-order valence-corrected chi connectivity index (χ1v) is 5.70. The topological polar surface area (TPSA) is 3.24 Å². The standard InChI is InChI=1S/C14H21N/c1-5-13-10-8-9-11-14(13)12(4)15(6-2)7-3/h5,8-12H,1,6-7H2,2-4H3. The Kier molecular flexibility index (Phi) is 4.57. The van der Waals surface area contributed by atoms with E-state index in [9.17, 15) is 0 Å². The summed E-state index contributed by atoms with van der Waals surface area (Å²) in [6.45, 7) is 12.7. The summed E-state index contributed by atoms with van der Waals surface area (Å²) in [6.07, 6.45) is 1.94. The predicted molar refractivity (Wildman–Crippen MR) is 67.9 cm³/mol. The molecular weight excluding hydrogens is 182 g/mol. The van der Waals surface area contributed by atoms with Crippen LogP contribution in [0, 0.1) is 0 Å². The number of benzene rings is 1. The third-order valence-electron chi connectivity index (χ3n) is 3.03. The van der Waals surface area contributed by atoms with Crippen LogP contribution in [0.2, 0.25) is 0 Å². The van der Waals surface area contributed by atoms with Gasteiger partial charge in [-0.15, -0.1) is 0 Å². The number of hydrogen-bond acceptors (Lipinski definition) is 1. The van der Waals surface area contributed by atoms with Crippen molar-refractivity contribution in [1.29, 1.82) is 0 Å². The molecule has 1 heteroatoms. The van der Waals surface area contributed by atoms with Gasteiger partial charge >= 0.3 is 0 Å². The fraction of sp³-hybridized carbons (Fsp3) is 0.429. The second kappa shape index (κ2) is 5.72. The minimum Gasteiger partial charge on any atom is -0.297 e. The molecule has 0 spiro atoms. The first-order valence-electron chi connectivity index (χ1n) is 5.70. The molecule has 0 heterocycles. The van der Waals surface area contributed by atoms with Crippen molar-refractivity contribution in [1.82, 2.24) is 4.90 Å². The summed E-state index contributed by atoms with van der Waals surface area (Å²) in [5, 5.41) is 0. The maximum absolute atomic E-state index is 3.87. The lowest BCUT2D eigenvalue weighted by atomic mass is 10.0. The second-order valence-corrected chi connectivity index (χ2v) is 3.73. The quantitative estimate of drug-likeness (QED) is 0.704. The SMILES string of the molecule is C=Cc1ccccc1C(C)N(CC)CC. The molecule has 15 heavy (non-hydrogen) atoms. The van der Waals surface area contributed by atoms with E-state index in [4.69, 9.17) is 0 Å². The second-order valence-electron chi connectivity index (χ2n) is 3.73. The van der Waals surface area contributed by atoms with Crippen LogP contribution < -0.4 is 0 Å². The molecular formula is C14H21N. The molecule has 1 aromatic carbocycles. The molecule has 0 aliphatic heterocycles. The lowest BCUT2D eigenvalue weighted by Gasteiger charge is -2.27. The maximum Gasteiger partial charge on any atom is 0.0325 e. The van der Waals surface area contributed by atoms with E-state index in [1.165, 1.54) is 11.1 Å². The lowest BCUT2D eigenvalue weighted by molar-refractivity contribution is 0.234. The van der Waals surface area contributed by atoms with Crippen molar-refractivity contribution in [2.75, 3.05) is 13.1 Å². The van der Waals surface area contributed by atoms with Crippen molar-refractivity contribution in [3.8, 4) is 0 Å². The van der Waals surface area contributed by atoms with E-state index in [0.717, 1.165) is 13.1 Å². The Morgan fingerprint density at radius 3 is 2.40 bits per heavy atom. The van der Waals surface area contributed by atoms with Gasteiger partial charge in [0.25, 0.3) is 0 Å². The Balaban J connectivity index is 2.98. The van der Waals surface area contributed by atoms with Crippen LogP contribution in [0.4, 0.5) is 0 Å². The lowest BCUT2D eigenvalue weighted by Crippen LogP contribution is -2.26. The summed E-state index contributed by atoms with van der Waals surface area (Å²) in [5.41, 5.74) is 2.62. The zero-order valence-electron chi connectivity index (χ0n) is 10.0. The normalized spacial score (nSPS) is 12.8. The van der Waals surface area contributed by atoms with Crippen LogP contribution in [0.25, 0.3) is 6.08 Å². The van der Waals surface area contributed by atoms with Gasteiger partial charge in [-0.3, -0.25) is 4.90 Å². The molecule has 0 saturated carbocycles. The molecule has 0 saturated heterocycles. The molecule has 1 nitrogen and oxygen atoms in total. The average molecular weight is 203 g/mol. The first kappa shape index (κ1) is 12.0. The van der Waals surface area contributed by atoms with Crippen molar-refractivity contribution >= 4 is 6.08 Å². The summed E-state index contributed by atoms with van der Waals surface area (Å²) in [5.74, 6) is 0. The molecule has 82 valence electrons. The fourth-order valence-electron chi connectivity index (χ4n) is 2.05. The molecule has 0 aromatic heterocycles. The van der Waals surface area contributed by atoms with Gasteiger partial charge in [0.15, 0.2) is 0 Å². The molecule has 0 fully saturated rings. The monoisotopic (exact) mass is 203 g/mol. The van der Waals surface area contributed by atoms with Crippen LogP contribution >= 0.6 is 0 Å². The Hall–Kier alpha value is -1.08. The minimum absolute atomic E-state index is 0.467. The van der Waals surface area contributed by atoms with E-state index >= 15 is 0 Å². The van der Waals surface area contributed by atoms with E-state index in [0.29, 0.717) is 6.04 Å². The van der Waals surface area contributed by atoms with Gasteiger partial charge in [-0.1, -0.05) is 50.8 Å². The largest absolute Gasteiger partial charge is 0.297 e. The van der Waals surface area contributed by atoms with Crippen LogP contribution in [0.5, 0.6) is 0 Å². The van der Waals surface area contributed by atoms with Crippen molar-refractivity contribution in [3.05, 3.63) is 42.0 Å². The average Bonchev–Trinajstić information content (AvgIpc) is 2.30. The number of nitrogens with zero attached hydrogens (tertiary/aromatic N) is 1. The van der Waals surface area contributed by atoms with Crippen LogP contribution in [0.3, 0.4) is 0 Å². The molecule has 1 rings (SSSR count). The molecule has 0 aliphatic rings. The summed E-state index contributed by atoms with van der Waals surface area (Å²) >= 11 is 0. The zero-order chi connectivity index (χ0) is 11.3. The highest BCUT2D eigenvalue weighted by atomic mass is 15.1. The van der Waals surface area contributed by atoms with Gasteiger partial charge < -0.3 is 0 Å². The van der Waals surface area contributed by atoms with Crippen molar-refractivity contribution in [3.63, 3.8) is 0 Å². The Morgan fingerprint density at radius 1 is 1.27 bits per heavy atom. The van der Waals surface area contributed by atoms with Crippen molar-refractivity contribution in [2.24, 2.45) is 0 Å². The molecule has 0 N–H and O–H groups in total. The Labute approximate surface area is 93.4 Å². The van der Waals surface area contributed by atoms with Gasteiger partial charge in [-0.05, 0) is 31.1 Å². The smallest absolute Gasteiger partial charge is 0.0325 e. The van der Waals surface area contributed by atoms with Gasteiger partial charge in [-0.25, -0.2) is 0 Å². The summed E-state index contributed by atoms with van der Waals surface area (Å²) < 4.78 is 0. The Bertz CT molecular complexity index is 313. The van der Waals surface area contributed by atoms with E-state index < -0.39 is 0 Å². The Morgan fingerprint density at radius 2 is 1.87 bits per heavy atom. The summed E-state index contributed by atoms with van der Waals surface area (Å²) in [4.78, 5) is 2.45. The van der Waals surface area contributed by atoms with Crippen LogP contribution in [0.15, 0.2) is 30.8 Å². The molecule has 0 radical (unpaired) electrons. The highest BCUT2D eigenvalue weighted by Crippen LogP contribution is 2.23. The van der Waals surface area contributed by atoms with Crippen molar-refractivity contribution < 1.29 is 0 Å². The van der Waals surface area contributed by atoms with Gasteiger partial charge in [0.1, 0.15) is 0 Å². The third kappa shape index (κ3) is 2.69. The van der Waals surface area contributed by atoms with Crippen LogP contribution in [-0.4, -0.2) is 18.0 Å². The fourth-order valence-corrected chi connectivity index (χ4v) is 2.05. The summed E-state index contributed by atoms with van der Waals surface area (Å²) in [6, 6.07) is 8.95. The van der Waals surface area contributed by atoms with Gasteiger partial charge in [-0.2, -0.15) is 0 Å². The van der Waals surface area contributed by atoms with Gasteiger partial charge in [0.2, 0.25) is 0 Å². The number of rotatable bonds is 5. The van der Waals surface area contributed by atoms with E-state index in [1.54, 1.807) is 0 Å². The van der Waals surface area contributed by atoms with Crippen LogP contribution in [0.1, 0.15) is 37.9 Å². The zero-order valence-corrected chi connectivity index (χ0v) is 10.0. The highest BCUT2D eigenvalue weighted by molar-refractivity contribution is 5.52. The van der Waals surface area contributed by atoms with E-state index in [2.05, 4.69) is 56.5 Å². The molecule has 0 amide bonds.